The van der Waals surface area contributed by atoms with Gasteiger partial charge in [0.15, 0.2) is 11.5 Å². The van der Waals surface area contributed by atoms with Crippen LogP contribution in [0.15, 0.2) is 65.8 Å². The van der Waals surface area contributed by atoms with Gasteiger partial charge in [0.1, 0.15) is 36.2 Å². The highest BCUT2D eigenvalue weighted by Crippen LogP contribution is 2.30. The molecule has 0 saturated heterocycles. The number of alkyl carbamates (subject to hydrolysis) is 1. The maximum absolute atomic E-state index is 13.4. The van der Waals surface area contributed by atoms with Crippen LogP contribution in [0.1, 0.15) is 41.5 Å². The van der Waals surface area contributed by atoms with Gasteiger partial charge in [-0.15, -0.1) is 0 Å². The number of benzene rings is 2. The van der Waals surface area contributed by atoms with E-state index in [1.807, 2.05) is 12.1 Å². The van der Waals surface area contributed by atoms with Crippen LogP contribution in [0, 0.1) is 5.92 Å². The number of aromatic nitrogens is 3. The minimum atomic E-state index is -0.895. The van der Waals surface area contributed by atoms with Crippen LogP contribution in [-0.4, -0.2) is 57.7 Å². The molecule has 0 fully saturated rings. The second-order valence-electron chi connectivity index (χ2n) is 11.6. The Kier molecular flexibility index (Phi) is 9.88. The van der Waals surface area contributed by atoms with E-state index in [2.05, 4.69) is 10.4 Å². The van der Waals surface area contributed by atoms with Crippen molar-refractivity contribution < 1.29 is 28.5 Å². The Morgan fingerprint density at radius 1 is 1.00 bits per heavy atom. The monoisotopic (exact) mass is 624 g/mol. The van der Waals surface area contributed by atoms with E-state index >= 15 is 0 Å². The number of hydrogen-bond acceptors (Lipinski definition) is 8. The number of rotatable bonds is 10. The van der Waals surface area contributed by atoms with E-state index in [4.69, 9.17) is 30.5 Å². The van der Waals surface area contributed by atoms with Gasteiger partial charge in [-0.05, 0) is 69.5 Å². The van der Waals surface area contributed by atoms with E-state index in [9.17, 15) is 14.4 Å². The highest BCUT2D eigenvalue weighted by Gasteiger charge is 2.29. The Morgan fingerprint density at radius 2 is 1.70 bits per heavy atom. The number of fused-ring (bicyclic) bond motifs is 1. The van der Waals surface area contributed by atoms with Crippen molar-refractivity contribution in [2.24, 2.45) is 5.92 Å². The van der Waals surface area contributed by atoms with Crippen molar-refractivity contribution in [3.63, 3.8) is 0 Å². The molecule has 4 rings (SSSR count). The predicted octanol–water partition coefficient (Wildman–Crippen LogP) is 5.67. The molecule has 2 atom stereocenters. The van der Waals surface area contributed by atoms with E-state index < -0.39 is 29.8 Å². The van der Waals surface area contributed by atoms with Crippen molar-refractivity contribution in [1.29, 1.82) is 0 Å². The molecule has 234 valence electrons. The third-order valence-corrected chi connectivity index (χ3v) is 6.77. The standard InChI is InChI=1S/C32H37ClN4O7/c1-19(2)28(35-31(40)44-32(4,5)6)30(39)43-20(3)17-42-26-13-12-24(15-27(26)41-7)36-18-34-37-16-22(14-25(37)29(36)38)21-8-10-23(33)11-9-21/h8-16,18-20,28H,17H2,1-7H3,(H,35,40)/t20-,28?/m1/s1. The molecule has 44 heavy (non-hydrogen) atoms. The lowest BCUT2D eigenvalue weighted by atomic mass is 10.1. The molecule has 0 aliphatic heterocycles. The first-order valence-electron chi connectivity index (χ1n) is 14.1. The first-order valence-corrected chi connectivity index (χ1v) is 14.5. The molecule has 1 amide bonds. The second kappa shape index (κ2) is 13.4. The third kappa shape index (κ3) is 7.90. The summed E-state index contributed by atoms with van der Waals surface area (Å²) in [6.45, 7) is 10.5. The molecular formula is C32H37ClN4O7. The number of esters is 1. The van der Waals surface area contributed by atoms with E-state index in [0.29, 0.717) is 27.7 Å². The van der Waals surface area contributed by atoms with Gasteiger partial charge < -0.3 is 24.3 Å². The van der Waals surface area contributed by atoms with Gasteiger partial charge in [-0.2, -0.15) is 5.10 Å². The Bertz CT molecular complexity index is 1690. The molecule has 12 heteroatoms. The van der Waals surface area contributed by atoms with Crippen molar-refractivity contribution in [2.45, 2.75) is 59.3 Å². The summed E-state index contributed by atoms with van der Waals surface area (Å²) < 4.78 is 25.2. The van der Waals surface area contributed by atoms with Crippen molar-refractivity contribution in [3.8, 4) is 28.3 Å². The summed E-state index contributed by atoms with van der Waals surface area (Å²) >= 11 is 6.01. The molecule has 1 N–H and O–H groups in total. The smallest absolute Gasteiger partial charge is 0.408 e. The van der Waals surface area contributed by atoms with Crippen LogP contribution in [0.25, 0.3) is 22.3 Å². The zero-order valence-corrected chi connectivity index (χ0v) is 26.5. The van der Waals surface area contributed by atoms with E-state index in [1.54, 1.807) is 84.1 Å². The lowest BCUT2D eigenvalue weighted by molar-refractivity contribution is -0.153. The summed E-state index contributed by atoms with van der Waals surface area (Å²) in [5.74, 6) is -0.0715. The SMILES string of the molecule is COc1cc(-n2cnn3cc(-c4ccc(Cl)cc4)cc3c2=O)ccc1OC[C@@H](C)OC(=O)C(NC(=O)OC(C)(C)C)C(C)C. The number of hydrogen-bond donors (Lipinski definition) is 1. The summed E-state index contributed by atoms with van der Waals surface area (Å²) in [7, 11) is 1.49. The van der Waals surface area contributed by atoms with Crippen LogP contribution in [-0.2, 0) is 14.3 Å². The molecule has 11 nitrogen and oxygen atoms in total. The molecule has 0 radical (unpaired) electrons. The summed E-state index contributed by atoms with van der Waals surface area (Å²) in [4.78, 5) is 38.4. The normalized spacial score (nSPS) is 12.9. The van der Waals surface area contributed by atoms with E-state index in [0.717, 1.165) is 11.1 Å². The van der Waals surface area contributed by atoms with Crippen LogP contribution in [0.5, 0.6) is 11.5 Å². The Balaban J connectivity index is 1.45. The van der Waals surface area contributed by atoms with Crippen molar-refractivity contribution >= 4 is 29.2 Å². The van der Waals surface area contributed by atoms with Gasteiger partial charge in [-0.3, -0.25) is 9.36 Å². The van der Waals surface area contributed by atoms with E-state index in [1.165, 1.54) is 22.5 Å². The van der Waals surface area contributed by atoms with Crippen LogP contribution in [0.2, 0.25) is 5.02 Å². The summed E-state index contributed by atoms with van der Waals surface area (Å²) in [5.41, 5.74) is 1.69. The van der Waals surface area contributed by atoms with Gasteiger partial charge in [0.2, 0.25) is 0 Å². The van der Waals surface area contributed by atoms with Gasteiger partial charge in [0, 0.05) is 22.8 Å². The molecular weight excluding hydrogens is 588 g/mol. The van der Waals surface area contributed by atoms with Crippen molar-refractivity contribution in [1.82, 2.24) is 19.5 Å². The zero-order chi connectivity index (χ0) is 32.2. The highest BCUT2D eigenvalue weighted by molar-refractivity contribution is 6.30. The highest BCUT2D eigenvalue weighted by atomic mass is 35.5. The first-order chi connectivity index (χ1) is 20.8. The second-order valence-corrected chi connectivity index (χ2v) is 12.1. The molecule has 1 unspecified atom stereocenters. The Hall–Kier alpha value is -4.51. The molecule has 2 aromatic carbocycles. The zero-order valence-electron chi connectivity index (χ0n) is 25.8. The van der Waals surface area contributed by atoms with Gasteiger partial charge in [-0.25, -0.2) is 14.1 Å². The number of halogens is 1. The lowest BCUT2D eigenvalue weighted by Crippen LogP contribution is -2.48. The number of nitrogens with one attached hydrogen (secondary N) is 1. The maximum Gasteiger partial charge on any atom is 0.408 e. The van der Waals surface area contributed by atoms with Gasteiger partial charge >= 0.3 is 12.1 Å². The molecule has 0 spiro atoms. The Morgan fingerprint density at radius 3 is 2.34 bits per heavy atom. The fraction of sp³-hybridized carbons (Fsp3) is 0.375. The average Bonchev–Trinajstić information content (AvgIpc) is 3.39. The number of nitrogens with zero attached hydrogens (tertiary/aromatic N) is 3. The number of methoxy groups -OCH3 is 1. The molecule has 2 heterocycles. The third-order valence-electron chi connectivity index (χ3n) is 6.52. The average molecular weight is 625 g/mol. The van der Waals surface area contributed by atoms with Crippen molar-refractivity contribution in [2.75, 3.05) is 13.7 Å². The maximum atomic E-state index is 13.4. The van der Waals surface area contributed by atoms with Gasteiger partial charge in [-0.1, -0.05) is 37.6 Å². The van der Waals surface area contributed by atoms with Gasteiger partial charge in [0.25, 0.3) is 5.56 Å². The molecule has 2 aromatic heterocycles. The minimum Gasteiger partial charge on any atom is -0.493 e. The quantitative estimate of drug-likeness (QED) is 0.224. The summed E-state index contributed by atoms with van der Waals surface area (Å²) in [6, 6.07) is 13.3. The van der Waals surface area contributed by atoms with Crippen LogP contribution < -0.4 is 20.3 Å². The molecule has 0 aliphatic carbocycles. The predicted molar refractivity (Wildman–Crippen MR) is 167 cm³/mol. The fourth-order valence-corrected chi connectivity index (χ4v) is 4.47. The minimum absolute atomic E-state index is 0.0177. The molecule has 0 saturated carbocycles. The van der Waals surface area contributed by atoms with E-state index in [-0.39, 0.29) is 18.1 Å². The molecule has 0 bridgehead atoms. The number of ether oxygens (including phenoxy) is 4. The summed E-state index contributed by atoms with van der Waals surface area (Å²) in [6.07, 6.45) is 1.88. The number of amides is 1. The van der Waals surface area contributed by atoms with Crippen LogP contribution in [0.4, 0.5) is 4.79 Å². The fourth-order valence-electron chi connectivity index (χ4n) is 4.34. The largest absolute Gasteiger partial charge is 0.493 e. The number of carbonyl (C=O) groups is 2. The molecule has 4 aromatic rings. The Labute approximate surface area is 260 Å². The number of carbonyl (C=O) groups excluding carboxylic acids is 2. The van der Waals surface area contributed by atoms with Crippen LogP contribution >= 0.6 is 11.6 Å². The van der Waals surface area contributed by atoms with Gasteiger partial charge in [0.05, 0.1) is 12.8 Å². The summed E-state index contributed by atoms with van der Waals surface area (Å²) in [5, 5.41) is 7.62. The molecule has 0 aliphatic rings. The lowest BCUT2D eigenvalue weighted by Gasteiger charge is -2.25. The first kappa shape index (κ1) is 32.4. The van der Waals surface area contributed by atoms with Crippen molar-refractivity contribution in [3.05, 3.63) is 76.4 Å². The topological polar surface area (TPSA) is 122 Å². The van der Waals surface area contributed by atoms with Crippen LogP contribution in [0.3, 0.4) is 0 Å².